The number of hydrogen-bond donors (Lipinski definition) is 1. The van der Waals surface area contributed by atoms with E-state index in [1.165, 1.54) is 17.4 Å². The fourth-order valence-electron chi connectivity index (χ4n) is 2.96. The number of carbonyl (C=O) groups is 1. The second kappa shape index (κ2) is 8.65. The third-order valence-electron chi connectivity index (χ3n) is 4.55. The van der Waals surface area contributed by atoms with E-state index in [-0.39, 0.29) is 22.9 Å². The van der Waals surface area contributed by atoms with E-state index >= 15 is 0 Å². The Kier molecular flexibility index (Phi) is 5.77. The first-order chi connectivity index (χ1) is 15.0. The summed E-state index contributed by atoms with van der Waals surface area (Å²) in [7, 11) is 1.54. The quantitative estimate of drug-likeness (QED) is 0.456. The van der Waals surface area contributed by atoms with Crippen LogP contribution in [0.2, 0.25) is 0 Å². The van der Waals surface area contributed by atoms with Crippen molar-refractivity contribution in [2.75, 3.05) is 12.4 Å². The number of amides is 1. The van der Waals surface area contributed by atoms with Gasteiger partial charge in [0.2, 0.25) is 5.88 Å². The zero-order chi connectivity index (χ0) is 22.0. The number of aromatic nitrogens is 4. The number of methoxy groups -OCH3 is 1. The number of rotatable bonds is 6. The Morgan fingerprint density at radius 3 is 2.68 bits per heavy atom. The van der Waals surface area contributed by atoms with Crippen LogP contribution in [0.3, 0.4) is 0 Å². The summed E-state index contributed by atoms with van der Waals surface area (Å²) >= 11 is 1.27. The molecule has 1 N–H and O–H groups in total. The maximum absolute atomic E-state index is 14.4. The number of ether oxygens (including phenoxy) is 1. The summed E-state index contributed by atoms with van der Waals surface area (Å²) in [5, 5.41) is 9.45. The summed E-state index contributed by atoms with van der Waals surface area (Å²) in [6.45, 7) is 3.88. The summed E-state index contributed by atoms with van der Waals surface area (Å²) in [6, 6.07) is 11.7. The van der Waals surface area contributed by atoms with Gasteiger partial charge in [-0.15, -0.1) is 11.3 Å². The molecule has 0 saturated carbocycles. The van der Waals surface area contributed by atoms with E-state index < -0.39 is 11.7 Å². The molecule has 0 spiro atoms. The molecule has 0 bridgehead atoms. The second-order valence-corrected chi connectivity index (χ2v) is 7.86. The average Bonchev–Trinajstić information content (AvgIpc) is 3.42. The van der Waals surface area contributed by atoms with Gasteiger partial charge in [-0.3, -0.25) is 14.8 Å². The second-order valence-electron chi connectivity index (χ2n) is 7.00. The van der Waals surface area contributed by atoms with Crippen LogP contribution in [-0.4, -0.2) is 32.8 Å². The van der Waals surface area contributed by atoms with Crippen LogP contribution in [0, 0.1) is 5.82 Å². The molecule has 1 amide bonds. The lowest BCUT2D eigenvalue weighted by molar-refractivity contribution is 0.102. The van der Waals surface area contributed by atoms with E-state index in [2.05, 4.69) is 20.4 Å². The largest absolute Gasteiger partial charge is 0.481 e. The molecule has 3 heterocycles. The minimum atomic E-state index is -0.439. The van der Waals surface area contributed by atoms with Crippen LogP contribution in [0.1, 0.15) is 30.2 Å². The number of benzene rings is 1. The van der Waals surface area contributed by atoms with E-state index in [4.69, 9.17) is 4.74 Å². The van der Waals surface area contributed by atoms with Crippen molar-refractivity contribution in [1.82, 2.24) is 19.7 Å². The number of carbonyl (C=O) groups excluding carboxylic acids is 1. The molecular formula is C22H20FN5O2S. The molecule has 9 heteroatoms. The Labute approximate surface area is 182 Å². The summed E-state index contributed by atoms with van der Waals surface area (Å²) < 4.78 is 21.2. The minimum Gasteiger partial charge on any atom is -0.481 e. The highest BCUT2D eigenvalue weighted by atomic mass is 32.1. The molecule has 1 aromatic carbocycles. The van der Waals surface area contributed by atoms with Crippen LogP contribution < -0.4 is 10.1 Å². The van der Waals surface area contributed by atoms with Crippen LogP contribution in [0.4, 0.5) is 9.52 Å². The predicted octanol–water partition coefficient (Wildman–Crippen LogP) is 5.05. The molecule has 4 rings (SSSR count). The topological polar surface area (TPSA) is 81.9 Å². The van der Waals surface area contributed by atoms with Gasteiger partial charge in [0.05, 0.1) is 18.4 Å². The van der Waals surface area contributed by atoms with Crippen molar-refractivity contribution >= 4 is 22.4 Å². The van der Waals surface area contributed by atoms with E-state index in [0.717, 1.165) is 0 Å². The molecule has 0 aliphatic rings. The Morgan fingerprint density at radius 2 is 1.94 bits per heavy atom. The molecule has 0 atom stereocenters. The SMILES string of the molecule is COc1cccc(-c2csc(NC(=O)c3cn(C(C)C)nc3-c3ccccc3F)n2)n1. The maximum atomic E-state index is 14.4. The lowest BCUT2D eigenvalue weighted by Gasteiger charge is -2.04. The molecule has 7 nitrogen and oxygen atoms in total. The first-order valence-corrected chi connectivity index (χ1v) is 10.5. The molecule has 0 fully saturated rings. The van der Waals surface area contributed by atoms with Crippen molar-refractivity contribution in [3.63, 3.8) is 0 Å². The Balaban J connectivity index is 1.63. The van der Waals surface area contributed by atoms with Gasteiger partial charge in [0, 0.05) is 29.2 Å². The number of nitrogens with zero attached hydrogens (tertiary/aromatic N) is 4. The Morgan fingerprint density at radius 1 is 1.13 bits per heavy atom. The molecule has 0 aliphatic carbocycles. The van der Waals surface area contributed by atoms with E-state index in [9.17, 15) is 9.18 Å². The van der Waals surface area contributed by atoms with E-state index in [0.29, 0.717) is 22.4 Å². The Bertz CT molecular complexity index is 1230. The third kappa shape index (κ3) is 4.31. The number of nitrogens with one attached hydrogen (secondary N) is 1. The first-order valence-electron chi connectivity index (χ1n) is 9.58. The summed E-state index contributed by atoms with van der Waals surface area (Å²) in [4.78, 5) is 21.8. The van der Waals surface area contributed by atoms with Gasteiger partial charge < -0.3 is 4.74 Å². The first kappa shape index (κ1) is 20.7. The van der Waals surface area contributed by atoms with Gasteiger partial charge in [-0.1, -0.05) is 18.2 Å². The molecule has 0 radical (unpaired) electrons. The summed E-state index contributed by atoms with van der Waals surface area (Å²) in [6.07, 6.45) is 1.62. The smallest absolute Gasteiger partial charge is 0.261 e. The van der Waals surface area contributed by atoms with Gasteiger partial charge in [0.25, 0.3) is 5.91 Å². The summed E-state index contributed by atoms with van der Waals surface area (Å²) in [5.41, 5.74) is 2.08. The standard InChI is InChI=1S/C22H20FN5O2S/c1-13(2)28-11-15(20(27-28)14-7-4-5-8-16(14)23)21(29)26-22-25-18(12-31-22)17-9-6-10-19(24-17)30-3/h4-13H,1-3H3,(H,25,26,29). The van der Waals surface area contributed by atoms with Crippen molar-refractivity contribution in [2.24, 2.45) is 0 Å². The van der Waals surface area contributed by atoms with Crippen LogP contribution >= 0.6 is 11.3 Å². The van der Waals surface area contributed by atoms with Crippen molar-refractivity contribution in [3.8, 4) is 28.5 Å². The van der Waals surface area contributed by atoms with Crippen LogP contribution in [0.15, 0.2) is 54.0 Å². The monoisotopic (exact) mass is 437 g/mol. The fraction of sp³-hybridized carbons (Fsp3) is 0.182. The highest BCUT2D eigenvalue weighted by Crippen LogP contribution is 2.29. The van der Waals surface area contributed by atoms with Crippen molar-refractivity contribution in [3.05, 3.63) is 65.4 Å². The molecule has 158 valence electrons. The zero-order valence-corrected chi connectivity index (χ0v) is 18.0. The number of pyridine rings is 1. The predicted molar refractivity (Wildman–Crippen MR) is 118 cm³/mol. The molecule has 3 aromatic heterocycles. The fourth-order valence-corrected chi connectivity index (χ4v) is 3.66. The van der Waals surface area contributed by atoms with Gasteiger partial charge in [0.1, 0.15) is 17.2 Å². The van der Waals surface area contributed by atoms with Gasteiger partial charge in [-0.25, -0.2) is 14.4 Å². The average molecular weight is 438 g/mol. The van der Waals surface area contributed by atoms with Crippen molar-refractivity contribution in [1.29, 1.82) is 0 Å². The van der Waals surface area contributed by atoms with Crippen LogP contribution in [0.5, 0.6) is 5.88 Å². The third-order valence-corrected chi connectivity index (χ3v) is 5.31. The van der Waals surface area contributed by atoms with E-state index in [1.807, 2.05) is 26.0 Å². The molecular weight excluding hydrogens is 417 g/mol. The minimum absolute atomic E-state index is 0.0117. The number of anilines is 1. The van der Waals surface area contributed by atoms with Crippen LogP contribution in [-0.2, 0) is 0 Å². The van der Waals surface area contributed by atoms with Gasteiger partial charge in [-0.05, 0) is 32.0 Å². The lowest BCUT2D eigenvalue weighted by atomic mass is 10.1. The zero-order valence-electron chi connectivity index (χ0n) is 17.2. The van der Waals surface area contributed by atoms with Gasteiger partial charge in [-0.2, -0.15) is 5.10 Å². The molecule has 4 aromatic rings. The normalized spacial score (nSPS) is 11.0. The number of thiazole rings is 1. The molecule has 0 aliphatic heterocycles. The molecule has 0 saturated heterocycles. The van der Waals surface area contributed by atoms with Crippen molar-refractivity contribution in [2.45, 2.75) is 19.9 Å². The number of halogens is 1. The highest BCUT2D eigenvalue weighted by Gasteiger charge is 2.22. The molecule has 0 unspecified atom stereocenters. The molecule has 31 heavy (non-hydrogen) atoms. The maximum Gasteiger partial charge on any atom is 0.261 e. The number of hydrogen-bond acceptors (Lipinski definition) is 6. The summed E-state index contributed by atoms with van der Waals surface area (Å²) in [5.74, 6) is -0.373. The van der Waals surface area contributed by atoms with E-state index in [1.54, 1.807) is 47.6 Å². The van der Waals surface area contributed by atoms with Gasteiger partial charge >= 0.3 is 0 Å². The Hall–Kier alpha value is -3.59. The lowest BCUT2D eigenvalue weighted by Crippen LogP contribution is -2.12. The van der Waals surface area contributed by atoms with Crippen molar-refractivity contribution < 1.29 is 13.9 Å². The highest BCUT2D eigenvalue weighted by molar-refractivity contribution is 7.14. The van der Waals surface area contributed by atoms with Gasteiger partial charge in [0.15, 0.2) is 5.13 Å². The van der Waals surface area contributed by atoms with Crippen LogP contribution in [0.25, 0.3) is 22.6 Å².